The van der Waals surface area contributed by atoms with Gasteiger partial charge in [-0.3, -0.25) is 9.48 Å². The van der Waals surface area contributed by atoms with Crippen molar-refractivity contribution in [1.82, 2.24) is 15.1 Å². The third kappa shape index (κ3) is 4.19. The van der Waals surface area contributed by atoms with Crippen molar-refractivity contribution in [3.05, 3.63) is 18.5 Å². The van der Waals surface area contributed by atoms with Crippen LogP contribution in [-0.2, 0) is 11.3 Å². The van der Waals surface area contributed by atoms with Crippen molar-refractivity contribution in [3.63, 3.8) is 0 Å². The normalized spacial score (nSPS) is 16.4. The van der Waals surface area contributed by atoms with Crippen molar-refractivity contribution in [1.29, 1.82) is 0 Å². The first-order chi connectivity index (χ1) is 9.63. The molecule has 6 heteroatoms. The molecule has 0 saturated heterocycles. The second kappa shape index (κ2) is 6.33. The van der Waals surface area contributed by atoms with Crippen molar-refractivity contribution in [3.8, 4) is 12.3 Å². The van der Waals surface area contributed by atoms with Gasteiger partial charge in [0.05, 0.1) is 6.54 Å². The number of carbonyl (C=O) groups is 1. The molecule has 0 fully saturated rings. The standard InChI is InChI=1S/C14H19N5O/c1-3-4-7-14(17-18-14)8-6-13(20)16-12(2)11-19-10-5-9-15-19/h1,5,9-10,12H,4,6-8,11H2,2H3,(H,16,20). The van der Waals surface area contributed by atoms with E-state index >= 15 is 0 Å². The van der Waals surface area contributed by atoms with E-state index in [4.69, 9.17) is 6.42 Å². The van der Waals surface area contributed by atoms with E-state index in [9.17, 15) is 4.79 Å². The highest BCUT2D eigenvalue weighted by atomic mass is 16.1. The molecule has 1 aliphatic rings. The highest BCUT2D eigenvalue weighted by molar-refractivity contribution is 5.76. The SMILES string of the molecule is C#CCCC1(CCC(=O)NC(C)Cn2cccn2)N=N1. The molecule has 1 unspecified atom stereocenters. The van der Waals surface area contributed by atoms with E-state index in [1.54, 1.807) is 10.9 Å². The number of terminal acetylenes is 1. The lowest BCUT2D eigenvalue weighted by atomic mass is 10.0. The van der Waals surface area contributed by atoms with E-state index in [-0.39, 0.29) is 17.6 Å². The number of amides is 1. The molecule has 0 bridgehead atoms. The van der Waals surface area contributed by atoms with Crippen LogP contribution in [0.1, 0.15) is 32.6 Å². The van der Waals surface area contributed by atoms with Gasteiger partial charge in [0.1, 0.15) is 0 Å². The number of aromatic nitrogens is 2. The largest absolute Gasteiger partial charge is 0.352 e. The first kappa shape index (κ1) is 14.3. The van der Waals surface area contributed by atoms with Crippen molar-refractivity contribution >= 4 is 5.91 Å². The third-order valence-corrected chi connectivity index (χ3v) is 3.23. The Hall–Kier alpha value is -2.16. The monoisotopic (exact) mass is 273 g/mol. The number of rotatable bonds is 8. The first-order valence-electron chi connectivity index (χ1n) is 6.78. The second-order valence-electron chi connectivity index (χ2n) is 5.08. The molecule has 106 valence electrons. The molecule has 1 aromatic heterocycles. The van der Waals surface area contributed by atoms with E-state index in [0.717, 1.165) is 6.42 Å². The minimum Gasteiger partial charge on any atom is -0.352 e. The van der Waals surface area contributed by atoms with Crippen LogP contribution < -0.4 is 5.32 Å². The van der Waals surface area contributed by atoms with Crippen LogP contribution in [0.5, 0.6) is 0 Å². The van der Waals surface area contributed by atoms with Crippen LogP contribution in [0, 0.1) is 12.3 Å². The number of hydrogen-bond acceptors (Lipinski definition) is 4. The number of nitrogens with zero attached hydrogens (tertiary/aromatic N) is 4. The maximum absolute atomic E-state index is 11.9. The predicted octanol–water partition coefficient (Wildman–Crippen LogP) is 1.74. The van der Waals surface area contributed by atoms with Gasteiger partial charge < -0.3 is 5.32 Å². The van der Waals surface area contributed by atoms with E-state index in [0.29, 0.717) is 25.8 Å². The zero-order valence-electron chi connectivity index (χ0n) is 11.6. The second-order valence-corrected chi connectivity index (χ2v) is 5.08. The van der Waals surface area contributed by atoms with Crippen molar-refractivity contribution in [2.45, 2.75) is 50.9 Å². The fourth-order valence-electron chi connectivity index (χ4n) is 2.06. The Morgan fingerprint density at radius 3 is 2.90 bits per heavy atom. The van der Waals surface area contributed by atoms with Crippen LogP contribution in [0.15, 0.2) is 28.7 Å². The van der Waals surface area contributed by atoms with Gasteiger partial charge in [-0.15, -0.1) is 12.3 Å². The lowest BCUT2D eigenvalue weighted by Crippen LogP contribution is -2.36. The summed E-state index contributed by atoms with van der Waals surface area (Å²) < 4.78 is 1.80. The highest BCUT2D eigenvalue weighted by Crippen LogP contribution is 2.37. The summed E-state index contributed by atoms with van der Waals surface area (Å²) in [5.74, 6) is 2.59. The Kier molecular flexibility index (Phi) is 4.51. The van der Waals surface area contributed by atoms with Crippen molar-refractivity contribution < 1.29 is 4.79 Å². The average molecular weight is 273 g/mol. The Morgan fingerprint density at radius 2 is 2.30 bits per heavy atom. The van der Waals surface area contributed by atoms with Gasteiger partial charge in [-0.25, -0.2) is 0 Å². The minimum absolute atomic E-state index is 0.0158. The molecule has 2 heterocycles. The van der Waals surface area contributed by atoms with E-state index in [1.807, 2.05) is 19.2 Å². The molecule has 0 saturated carbocycles. The molecule has 0 radical (unpaired) electrons. The lowest BCUT2D eigenvalue weighted by Gasteiger charge is -2.15. The van der Waals surface area contributed by atoms with Gasteiger partial charge in [-0.2, -0.15) is 15.3 Å². The molecule has 1 atom stereocenters. The van der Waals surface area contributed by atoms with Gasteiger partial charge in [-0.1, -0.05) is 0 Å². The number of nitrogens with one attached hydrogen (secondary N) is 1. The summed E-state index contributed by atoms with van der Waals surface area (Å²) in [6.07, 6.45) is 11.3. The molecule has 1 aliphatic heterocycles. The maximum atomic E-state index is 11.9. The smallest absolute Gasteiger partial charge is 0.220 e. The molecule has 0 aromatic carbocycles. The third-order valence-electron chi connectivity index (χ3n) is 3.23. The van der Waals surface area contributed by atoms with Crippen LogP contribution in [0.4, 0.5) is 0 Å². The van der Waals surface area contributed by atoms with Crippen LogP contribution in [-0.4, -0.2) is 27.4 Å². The summed E-state index contributed by atoms with van der Waals surface area (Å²) in [5.41, 5.74) is -0.380. The van der Waals surface area contributed by atoms with Crippen molar-refractivity contribution in [2.24, 2.45) is 10.2 Å². The molecule has 2 rings (SSSR count). The zero-order valence-corrected chi connectivity index (χ0v) is 11.6. The molecular formula is C14H19N5O. The zero-order chi connectivity index (χ0) is 14.4. The van der Waals surface area contributed by atoms with Gasteiger partial charge >= 0.3 is 0 Å². The van der Waals surface area contributed by atoms with E-state index < -0.39 is 0 Å². The summed E-state index contributed by atoms with van der Waals surface area (Å²) in [6, 6.07) is 1.90. The fraction of sp³-hybridized carbons (Fsp3) is 0.571. The molecular weight excluding hydrogens is 254 g/mol. The molecule has 6 nitrogen and oxygen atoms in total. The van der Waals surface area contributed by atoms with Gasteiger partial charge in [0, 0.05) is 44.1 Å². The average Bonchev–Trinajstić information content (AvgIpc) is 3.02. The Bertz CT molecular complexity index is 508. The molecule has 1 aromatic rings. The fourth-order valence-corrected chi connectivity index (χ4v) is 2.06. The van der Waals surface area contributed by atoms with Gasteiger partial charge in [0.2, 0.25) is 5.91 Å². The molecule has 1 amide bonds. The van der Waals surface area contributed by atoms with Gasteiger partial charge in [-0.05, 0) is 13.0 Å². The minimum atomic E-state index is -0.380. The Morgan fingerprint density at radius 1 is 1.50 bits per heavy atom. The summed E-state index contributed by atoms with van der Waals surface area (Å²) in [5, 5.41) is 15.1. The van der Waals surface area contributed by atoms with Crippen LogP contribution in [0.2, 0.25) is 0 Å². The molecule has 20 heavy (non-hydrogen) atoms. The molecule has 0 aliphatic carbocycles. The summed E-state index contributed by atoms with van der Waals surface area (Å²) in [4.78, 5) is 11.9. The number of carbonyl (C=O) groups excluding carboxylic acids is 1. The number of hydrogen-bond donors (Lipinski definition) is 1. The quantitative estimate of drug-likeness (QED) is 0.733. The van der Waals surface area contributed by atoms with Gasteiger partial charge in [0.25, 0.3) is 0 Å². The van der Waals surface area contributed by atoms with E-state index in [1.165, 1.54) is 0 Å². The van der Waals surface area contributed by atoms with Crippen LogP contribution in [0.25, 0.3) is 0 Å². The molecule has 1 N–H and O–H groups in total. The Balaban J connectivity index is 1.66. The van der Waals surface area contributed by atoms with E-state index in [2.05, 4.69) is 26.6 Å². The topological polar surface area (TPSA) is 71.6 Å². The highest BCUT2D eigenvalue weighted by Gasteiger charge is 2.39. The van der Waals surface area contributed by atoms with Crippen molar-refractivity contribution in [2.75, 3.05) is 0 Å². The first-order valence-corrected chi connectivity index (χ1v) is 6.78. The Labute approximate surface area is 118 Å². The summed E-state index contributed by atoms with van der Waals surface area (Å²) >= 11 is 0. The lowest BCUT2D eigenvalue weighted by molar-refractivity contribution is -0.122. The molecule has 0 spiro atoms. The van der Waals surface area contributed by atoms with Crippen LogP contribution in [0.3, 0.4) is 0 Å². The predicted molar refractivity (Wildman–Crippen MR) is 74.7 cm³/mol. The maximum Gasteiger partial charge on any atom is 0.220 e. The van der Waals surface area contributed by atoms with Gasteiger partial charge in [0.15, 0.2) is 5.66 Å². The van der Waals surface area contributed by atoms with Crippen LogP contribution >= 0.6 is 0 Å². The summed E-state index contributed by atoms with van der Waals surface area (Å²) in [6.45, 7) is 2.62. The summed E-state index contributed by atoms with van der Waals surface area (Å²) in [7, 11) is 0.